The van der Waals surface area contributed by atoms with Crippen molar-refractivity contribution in [3.8, 4) is 5.75 Å². The van der Waals surface area contributed by atoms with Gasteiger partial charge in [0.2, 0.25) is 0 Å². The predicted octanol–water partition coefficient (Wildman–Crippen LogP) is 2.62. The third kappa shape index (κ3) is 5.15. The second-order valence-electron chi connectivity index (χ2n) is 5.67. The van der Waals surface area contributed by atoms with E-state index in [9.17, 15) is 18.0 Å². The van der Waals surface area contributed by atoms with E-state index in [0.717, 1.165) is 11.8 Å². The number of carbonyl (C=O) groups excluding carboxylic acids is 2. The van der Waals surface area contributed by atoms with Gasteiger partial charge < -0.3 is 10.1 Å². The standard InChI is InChI=1S/C18H19NO5S/c1-12-4-9-16(25(3,22)23)10-17(12)19-18(21)11-24-15-7-5-14(6-8-15)13(2)20/h4-10H,11H2,1-3H3,(H,19,21). The second-order valence-corrected chi connectivity index (χ2v) is 7.68. The van der Waals surface area contributed by atoms with Crippen molar-refractivity contribution in [2.75, 3.05) is 18.2 Å². The highest BCUT2D eigenvalue weighted by Gasteiger charge is 2.12. The molecule has 2 aromatic rings. The van der Waals surface area contributed by atoms with Gasteiger partial charge in [0.1, 0.15) is 5.75 Å². The van der Waals surface area contributed by atoms with E-state index in [4.69, 9.17) is 4.74 Å². The van der Waals surface area contributed by atoms with Crippen molar-refractivity contribution in [1.29, 1.82) is 0 Å². The summed E-state index contributed by atoms with van der Waals surface area (Å²) in [6, 6.07) is 11.0. The molecular formula is C18H19NO5S. The van der Waals surface area contributed by atoms with E-state index in [0.29, 0.717) is 17.0 Å². The molecule has 0 aromatic heterocycles. The molecule has 2 aromatic carbocycles. The van der Waals surface area contributed by atoms with Crippen LogP contribution in [-0.4, -0.2) is 33.0 Å². The molecule has 0 saturated carbocycles. The van der Waals surface area contributed by atoms with E-state index < -0.39 is 15.7 Å². The van der Waals surface area contributed by atoms with Gasteiger partial charge in [-0.05, 0) is 55.8 Å². The molecule has 1 N–H and O–H groups in total. The third-order valence-electron chi connectivity index (χ3n) is 3.54. The number of rotatable bonds is 6. The maximum Gasteiger partial charge on any atom is 0.262 e. The van der Waals surface area contributed by atoms with Crippen LogP contribution in [-0.2, 0) is 14.6 Å². The lowest BCUT2D eigenvalue weighted by Gasteiger charge is -2.11. The Bertz CT molecular complexity index is 902. The molecule has 1 amide bonds. The SMILES string of the molecule is CC(=O)c1ccc(OCC(=O)Nc2cc(S(C)(=O)=O)ccc2C)cc1. The van der Waals surface area contributed by atoms with Gasteiger partial charge in [-0.2, -0.15) is 0 Å². The molecule has 0 spiro atoms. The number of Topliss-reactive ketones (excluding diaryl/α,β-unsaturated/α-hetero) is 1. The van der Waals surface area contributed by atoms with Crippen molar-refractivity contribution >= 4 is 27.2 Å². The highest BCUT2D eigenvalue weighted by molar-refractivity contribution is 7.90. The number of ether oxygens (including phenoxy) is 1. The third-order valence-corrected chi connectivity index (χ3v) is 4.65. The van der Waals surface area contributed by atoms with Gasteiger partial charge in [-0.25, -0.2) is 8.42 Å². The summed E-state index contributed by atoms with van der Waals surface area (Å²) in [7, 11) is -3.35. The molecule has 0 atom stereocenters. The van der Waals surface area contributed by atoms with E-state index in [2.05, 4.69) is 5.32 Å². The first-order valence-electron chi connectivity index (χ1n) is 7.51. The lowest BCUT2D eigenvalue weighted by Crippen LogP contribution is -2.21. The summed E-state index contributed by atoms with van der Waals surface area (Å²) >= 11 is 0. The Hall–Kier alpha value is -2.67. The zero-order valence-electron chi connectivity index (χ0n) is 14.2. The van der Waals surface area contributed by atoms with Gasteiger partial charge in [0, 0.05) is 17.5 Å². The Morgan fingerprint density at radius 1 is 1.08 bits per heavy atom. The first kappa shape index (κ1) is 18.7. The van der Waals surface area contributed by atoms with E-state index in [1.807, 2.05) is 0 Å². The fourth-order valence-electron chi connectivity index (χ4n) is 2.09. The minimum absolute atomic E-state index is 0.0504. The molecule has 7 heteroatoms. The van der Waals surface area contributed by atoms with Crippen molar-refractivity contribution < 1.29 is 22.7 Å². The van der Waals surface area contributed by atoms with Gasteiger partial charge >= 0.3 is 0 Å². The zero-order chi connectivity index (χ0) is 18.6. The fraction of sp³-hybridized carbons (Fsp3) is 0.222. The Morgan fingerprint density at radius 2 is 1.72 bits per heavy atom. The summed E-state index contributed by atoms with van der Waals surface area (Å²) in [6.45, 7) is 3.00. The number of anilines is 1. The van der Waals surface area contributed by atoms with Crippen LogP contribution in [0.4, 0.5) is 5.69 Å². The lowest BCUT2D eigenvalue weighted by molar-refractivity contribution is -0.118. The maximum atomic E-state index is 12.0. The van der Waals surface area contributed by atoms with Crippen LogP contribution in [0.2, 0.25) is 0 Å². The van der Waals surface area contributed by atoms with Crippen molar-refractivity contribution in [2.24, 2.45) is 0 Å². The minimum Gasteiger partial charge on any atom is -0.484 e. The summed E-state index contributed by atoms with van der Waals surface area (Å²) in [5.41, 5.74) is 1.72. The van der Waals surface area contributed by atoms with Gasteiger partial charge in [0.25, 0.3) is 5.91 Å². The molecule has 0 heterocycles. The van der Waals surface area contributed by atoms with Crippen LogP contribution in [0, 0.1) is 6.92 Å². The number of amides is 1. The molecule has 0 aliphatic carbocycles. The zero-order valence-corrected chi connectivity index (χ0v) is 15.0. The molecule has 0 bridgehead atoms. The lowest BCUT2D eigenvalue weighted by atomic mass is 10.1. The topological polar surface area (TPSA) is 89.5 Å². The molecule has 6 nitrogen and oxygen atoms in total. The molecule has 0 fully saturated rings. The van der Waals surface area contributed by atoms with Crippen LogP contribution in [0.15, 0.2) is 47.4 Å². The Labute approximate surface area is 146 Å². The van der Waals surface area contributed by atoms with Crippen LogP contribution in [0.3, 0.4) is 0 Å². The fourth-order valence-corrected chi connectivity index (χ4v) is 2.73. The highest BCUT2D eigenvalue weighted by Crippen LogP contribution is 2.20. The van der Waals surface area contributed by atoms with Crippen LogP contribution >= 0.6 is 0 Å². The number of aryl methyl sites for hydroxylation is 1. The number of sulfone groups is 1. The first-order valence-corrected chi connectivity index (χ1v) is 9.40. The number of carbonyl (C=O) groups is 2. The van der Waals surface area contributed by atoms with Gasteiger partial charge in [0.05, 0.1) is 4.90 Å². The van der Waals surface area contributed by atoms with Crippen molar-refractivity contribution in [2.45, 2.75) is 18.7 Å². The van der Waals surface area contributed by atoms with E-state index in [1.54, 1.807) is 37.3 Å². The minimum atomic E-state index is -3.35. The molecule has 0 aliphatic rings. The summed E-state index contributed by atoms with van der Waals surface area (Å²) < 4.78 is 28.6. The maximum absolute atomic E-state index is 12.0. The smallest absolute Gasteiger partial charge is 0.262 e. The number of hydrogen-bond donors (Lipinski definition) is 1. The molecule has 0 saturated heterocycles. The van der Waals surface area contributed by atoms with Crippen LogP contribution in [0.25, 0.3) is 0 Å². The largest absolute Gasteiger partial charge is 0.484 e. The number of ketones is 1. The molecule has 2 rings (SSSR count). The molecule has 0 radical (unpaired) electrons. The van der Waals surface area contributed by atoms with Gasteiger partial charge in [0.15, 0.2) is 22.2 Å². The summed E-state index contributed by atoms with van der Waals surface area (Å²) in [6.07, 6.45) is 1.11. The first-order chi connectivity index (χ1) is 11.7. The van der Waals surface area contributed by atoms with Crippen LogP contribution in [0.5, 0.6) is 5.75 Å². The number of hydrogen-bond acceptors (Lipinski definition) is 5. The monoisotopic (exact) mass is 361 g/mol. The van der Waals surface area contributed by atoms with Crippen molar-refractivity contribution in [3.05, 3.63) is 53.6 Å². The highest BCUT2D eigenvalue weighted by atomic mass is 32.2. The molecule has 132 valence electrons. The van der Waals surface area contributed by atoms with Gasteiger partial charge in [-0.1, -0.05) is 6.07 Å². The molecular weight excluding hydrogens is 342 g/mol. The Morgan fingerprint density at radius 3 is 2.28 bits per heavy atom. The Kier molecular flexibility index (Phi) is 5.58. The van der Waals surface area contributed by atoms with Gasteiger partial charge in [-0.3, -0.25) is 9.59 Å². The van der Waals surface area contributed by atoms with E-state index in [-0.39, 0.29) is 17.3 Å². The normalized spacial score (nSPS) is 11.0. The number of benzene rings is 2. The quantitative estimate of drug-likeness (QED) is 0.799. The molecule has 0 aliphatic heterocycles. The molecule has 25 heavy (non-hydrogen) atoms. The van der Waals surface area contributed by atoms with Crippen molar-refractivity contribution in [1.82, 2.24) is 0 Å². The molecule has 0 unspecified atom stereocenters. The predicted molar refractivity (Wildman–Crippen MR) is 94.9 cm³/mol. The summed E-state index contributed by atoms with van der Waals surface area (Å²) in [5.74, 6) is -0.00307. The van der Waals surface area contributed by atoms with Crippen LogP contribution in [0.1, 0.15) is 22.8 Å². The summed E-state index contributed by atoms with van der Waals surface area (Å²) in [5, 5.41) is 2.64. The van der Waals surface area contributed by atoms with E-state index in [1.165, 1.54) is 19.1 Å². The summed E-state index contributed by atoms with van der Waals surface area (Å²) in [4.78, 5) is 23.4. The number of nitrogens with one attached hydrogen (secondary N) is 1. The van der Waals surface area contributed by atoms with Gasteiger partial charge in [-0.15, -0.1) is 0 Å². The van der Waals surface area contributed by atoms with E-state index >= 15 is 0 Å². The average Bonchev–Trinajstić information content (AvgIpc) is 2.54. The Balaban J connectivity index is 2.02. The average molecular weight is 361 g/mol. The van der Waals surface area contributed by atoms with Crippen molar-refractivity contribution in [3.63, 3.8) is 0 Å². The van der Waals surface area contributed by atoms with Crippen LogP contribution < -0.4 is 10.1 Å². The second kappa shape index (κ2) is 7.48.